The van der Waals surface area contributed by atoms with Gasteiger partial charge in [-0.1, -0.05) is 11.6 Å². The Bertz CT molecular complexity index is 1340. The maximum atomic E-state index is 12.9. The van der Waals surface area contributed by atoms with Crippen molar-refractivity contribution in [3.8, 4) is 22.7 Å². The zero-order valence-corrected chi connectivity index (χ0v) is 18.1. The van der Waals surface area contributed by atoms with Crippen molar-refractivity contribution >= 4 is 27.3 Å². The highest BCUT2D eigenvalue weighted by molar-refractivity contribution is 7.91. The van der Waals surface area contributed by atoms with Crippen LogP contribution in [0.1, 0.15) is 10.5 Å². The number of benzene rings is 1. The van der Waals surface area contributed by atoms with E-state index < -0.39 is 33.7 Å². The van der Waals surface area contributed by atoms with Gasteiger partial charge >= 0.3 is 6.36 Å². The van der Waals surface area contributed by atoms with Crippen LogP contribution in [-0.4, -0.2) is 58.7 Å². The van der Waals surface area contributed by atoms with E-state index in [-0.39, 0.29) is 40.0 Å². The first-order chi connectivity index (χ1) is 15.4. The third kappa shape index (κ3) is 5.20. The van der Waals surface area contributed by atoms with Crippen molar-refractivity contribution in [3.05, 3.63) is 59.5 Å². The summed E-state index contributed by atoms with van der Waals surface area (Å²) in [5, 5.41) is 13.9. The largest absolute Gasteiger partial charge is 0.573 e. The van der Waals surface area contributed by atoms with Crippen molar-refractivity contribution < 1.29 is 41.1 Å². The van der Waals surface area contributed by atoms with E-state index in [0.717, 1.165) is 21.8 Å². The van der Waals surface area contributed by atoms with Gasteiger partial charge in [0.25, 0.3) is 5.91 Å². The van der Waals surface area contributed by atoms with Crippen LogP contribution >= 0.6 is 11.6 Å². The maximum Gasteiger partial charge on any atom is 0.573 e. The minimum Gasteiger partial charge on any atom is -0.406 e. The fourth-order valence-corrected chi connectivity index (χ4v) is 4.88. The van der Waals surface area contributed by atoms with Crippen molar-refractivity contribution in [2.24, 2.45) is 0 Å². The van der Waals surface area contributed by atoms with Crippen LogP contribution in [-0.2, 0) is 9.84 Å². The molecule has 1 fully saturated rings. The van der Waals surface area contributed by atoms with E-state index in [1.807, 2.05) is 0 Å². The predicted octanol–water partition coefficient (Wildman–Crippen LogP) is 2.44. The normalized spacial score (nSPS) is 15.6. The first kappa shape index (κ1) is 22.9. The van der Waals surface area contributed by atoms with Gasteiger partial charge in [0.15, 0.2) is 15.5 Å². The zero-order valence-electron chi connectivity index (χ0n) is 16.5. The zero-order chi connectivity index (χ0) is 24.0. The number of halogens is 4. The quantitative estimate of drug-likeness (QED) is 0.433. The highest BCUT2D eigenvalue weighted by Crippen LogP contribution is 2.33. The maximum absolute atomic E-state index is 12.9. The lowest BCUT2D eigenvalue weighted by Gasteiger charge is -2.11. The minimum atomic E-state index is -4.95. The molecule has 174 valence electrons. The van der Waals surface area contributed by atoms with E-state index in [2.05, 4.69) is 9.84 Å². The van der Waals surface area contributed by atoms with Crippen molar-refractivity contribution in [1.29, 1.82) is 0 Å². The molecule has 0 spiro atoms. The van der Waals surface area contributed by atoms with E-state index in [1.54, 1.807) is 0 Å². The Hall–Kier alpha value is -3.32. The highest BCUT2D eigenvalue weighted by atomic mass is 35.5. The summed E-state index contributed by atoms with van der Waals surface area (Å²) < 4.78 is 67.6. The molecule has 1 aliphatic rings. The lowest BCUT2D eigenvalue weighted by Crippen LogP contribution is -2.30. The van der Waals surface area contributed by atoms with Gasteiger partial charge in [-0.15, -0.1) is 13.2 Å². The minimum absolute atomic E-state index is 0.00786. The summed E-state index contributed by atoms with van der Waals surface area (Å²) in [4.78, 5) is 14.0. The van der Waals surface area contributed by atoms with Gasteiger partial charge in [-0.25, -0.2) is 13.1 Å². The average Bonchev–Trinajstić information content (AvgIpc) is 3.29. The molecule has 3 heterocycles. The first-order valence-electron chi connectivity index (χ1n) is 9.28. The number of hydrogen-bond donors (Lipinski definition) is 1. The average molecular weight is 504 g/mol. The molecule has 1 aliphatic heterocycles. The number of hydrogen-bond acceptors (Lipinski definition) is 6. The van der Waals surface area contributed by atoms with E-state index in [1.165, 1.54) is 41.3 Å². The fraction of sp³-hybridized carbons (Fsp3) is 0.211. The van der Waals surface area contributed by atoms with Crippen LogP contribution in [0.25, 0.3) is 16.9 Å². The summed E-state index contributed by atoms with van der Waals surface area (Å²) in [5.74, 6) is -1.89. The summed E-state index contributed by atoms with van der Waals surface area (Å²) in [5.41, 5.74) is 0.409. The number of sulfone groups is 1. The molecule has 1 amide bonds. The second-order valence-electron chi connectivity index (χ2n) is 7.14. The number of carbonyl (C=O) groups is 1. The second kappa shape index (κ2) is 8.23. The molecule has 0 aliphatic carbocycles. The monoisotopic (exact) mass is 503 g/mol. The van der Waals surface area contributed by atoms with E-state index in [0.29, 0.717) is 0 Å². The van der Waals surface area contributed by atoms with Gasteiger partial charge in [0.05, 0.1) is 11.4 Å². The molecule has 33 heavy (non-hydrogen) atoms. The Balaban J connectivity index is 1.83. The van der Waals surface area contributed by atoms with Crippen molar-refractivity contribution in [2.45, 2.75) is 6.36 Å². The Kier molecular flexibility index (Phi) is 5.70. The molecular formula is C19H15ClF3N4O5S+. The number of aromatic nitrogens is 3. The number of pyridine rings is 1. The van der Waals surface area contributed by atoms with Crippen molar-refractivity contribution in [3.63, 3.8) is 0 Å². The summed E-state index contributed by atoms with van der Waals surface area (Å²) in [6, 6.07) is 7.71. The van der Waals surface area contributed by atoms with Crippen LogP contribution in [0.3, 0.4) is 0 Å². The molecule has 1 N–H and O–H groups in total. The molecule has 0 saturated carbocycles. The van der Waals surface area contributed by atoms with Gasteiger partial charge in [-0.05, 0) is 30.3 Å². The Labute approximate surface area is 190 Å². The SMILES string of the molecule is O=C(c1cc(-c2cc(Cl)cc(OC(F)(F)F)c2)n(-c2ccc[n+](O)c2)n1)N1CCS(=O)(=O)C1. The summed E-state index contributed by atoms with van der Waals surface area (Å²) in [6.45, 7) is -0.00786. The van der Waals surface area contributed by atoms with Gasteiger partial charge in [0, 0.05) is 27.9 Å². The summed E-state index contributed by atoms with van der Waals surface area (Å²) in [7, 11) is -3.40. The topological polar surface area (TPSA) is 106 Å². The Morgan fingerprint density at radius 3 is 2.64 bits per heavy atom. The van der Waals surface area contributed by atoms with Crippen molar-refractivity contribution in [2.75, 3.05) is 18.2 Å². The molecule has 1 saturated heterocycles. The van der Waals surface area contributed by atoms with Crippen LogP contribution in [0.5, 0.6) is 5.75 Å². The Morgan fingerprint density at radius 2 is 2.00 bits per heavy atom. The number of amides is 1. The standard InChI is InChI=1S/C19H15ClF3N4O5S/c20-13-6-12(7-15(8-13)32-19(21,22)23)17-9-16(18(28)25-4-5-33(30,31)11-25)24-27(17)14-2-1-3-26(29)10-14/h1-3,6-10,29H,4-5,11H2/q+1. The van der Waals surface area contributed by atoms with Gasteiger partial charge in [0.2, 0.25) is 12.4 Å². The first-order valence-corrected chi connectivity index (χ1v) is 11.5. The summed E-state index contributed by atoms with van der Waals surface area (Å²) in [6.07, 6.45) is -2.38. The number of carbonyl (C=O) groups excluding carboxylic acids is 1. The molecule has 0 bridgehead atoms. The molecular weight excluding hydrogens is 489 g/mol. The molecule has 3 aromatic rings. The van der Waals surface area contributed by atoms with Crippen LogP contribution < -0.4 is 9.47 Å². The van der Waals surface area contributed by atoms with Crippen LogP contribution in [0, 0.1) is 0 Å². The molecule has 0 radical (unpaired) electrons. The number of alkyl halides is 3. The van der Waals surface area contributed by atoms with Crippen LogP contribution in [0.2, 0.25) is 5.02 Å². The van der Waals surface area contributed by atoms with Gasteiger partial charge in [-0.3, -0.25) is 10.0 Å². The molecule has 1 aromatic carbocycles. The van der Waals surface area contributed by atoms with E-state index >= 15 is 0 Å². The number of rotatable bonds is 4. The lowest BCUT2D eigenvalue weighted by molar-refractivity contribution is -0.904. The van der Waals surface area contributed by atoms with Gasteiger partial charge in [0.1, 0.15) is 17.3 Å². The molecule has 9 nitrogen and oxygen atoms in total. The second-order valence-corrected chi connectivity index (χ2v) is 9.73. The third-order valence-electron chi connectivity index (χ3n) is 4.66. The fourth-order valence-electron chi connectivity index (χ4n) is 3.31. The van der Waals surface area contributed by atoms with Crippen LogP contribution in [0.15, 0.2) is 48.8 Å². The van der Waals surface area contributed by atoms with Gasteiger partial charge < -0.3 is 9.64 Å². The Morgan fingerprint density at radius 1 is 1.24 bits per heavy atom. The highest BCUT2D eigenvalue weighted by Gasteiger charge is 2.33. The summed E-state index contributed by atoms with van der Waals surface area (Å²) >= 11 is 5.99. The molecule has 14 heteroatoms. The number of nitrogens with zero attached hydrogens (tertiary/aromatic N) is 4. The molecule has 4 rings (SSSR count). The van der Waals surface area contributed by atoms with E-state index in [9.17, 15) is 31.6 Å². The molecule has 2 aromatic heterocycles. The lowest BCUT2D eigenvalue weighted by atomic mass is 10.1. The third-order valence-corrected chi connectivity index (χ3v) is 6.38. The predicted molar refractivity (Wildman–Crippen MR) is 108 cm³/mol. The van der Waals surface area contributed by atoms with E-state index in [4.69, 9.17) is 11.6 Å². The molecule has 0 unspecified atom stereocenters. The van der Waals surface area contributed by atoms with Gasteiger partial charge in [-0.2, -0.15) is 5.10 Å². The van der Waals surface area contributed by atoms with Crippen LogP contribution in [0.4, 0.5) is 13.2 Å². The van der Waals surface area contributed by atoms with Crippen molar-refractivity contribution in [1.82, 2.24) is 14.7 Å². The number of ether oxygens (including phenoxy) is 1. The molecule has 0 atom stereocenters. The smallest absolute Gasteiger partial charge is 0.406 e.